The summed E-state index contributed by atoms with van der Waals surface area (Å²) < 4.78 is 0. The SMILES string of the molecule is C[Si](C)(C)c1ccc([Si](C)(Cl)Cl)cc1. The zero-order valence-corrected chi connectivity index (χ0v) is 12.6. The molecule has 0 unspecified atom stereocenters. The standard InChI is InChI=1S/C10H16Cl2Si2/c1-13(2,3)9-5-7-10(8-6-9)14(4,11)12/h5-8H,1-4H3. The van der Waals surface area contributed by atoms with E-state index in [1.54, 1.807) is 0 Å². The van der Waals surface area contributed by atoms with E-state index in [0.717, 1.165) is 5.19 Å². The minimum absolute atomic E-state index is 1.10. The number of hydrogen-bond donors (Lipinski definition) is 0. The van der Waals surface area contributed by atoms with E-state index >= 15 is 0 Å². The van der Waals surface area contributed by atoms with Crippen molar-refractivity contribution < 1.29 is 0 Å². The van der Waals surface area contributed by atoms with Crippen LogP contribution in [0.15, 0.2) is 24.3 Å². The fourth-order valence-electron chi connectivity index (χ4n) is 1.26. The van der Waals surface area contributed by atoms with Gasteiger partial charge in [0.1, 0.15) is 0 Å². The van der Waals surface area contributed by atoms with Crippen LogP contribution in [-0.4, -0.2) is 14.8 Å². The molecule has 0 amide bonds. The molecule has 0 heterocycles. The van der Waals surface area contributed by atoms with Gasteiger partial charge in [-0.25, -0.2) is 0 Å². The van der Waals surface area contributed by atoms with Crippen molar-refractivity contribution in [2.75, 3.05) is 0 Å². The van der Waals surface area contributed by atoms with Crippen molar-refractivity contribution in [3.05, 3.63) is 24.3 Å². The monoisotopic (exact) mass is 262 g/mol. The highest BCUT2D eigenvalue weighted by Gasteiger charge is 2.24. The molecule has 0 atom stereocenters. The predicted octanol–water partition coefficient (Wildman–Crippen LogP) is 2.99. The molecule has 4 heteroatoms. The summed E-state index contributed by atoms with van der Waals surface area (Å²) in [5.41, 5.74) is 0. The summed E-state index contributed by atoms with van der Waals surface area (Å²) in [6, 6.07) is 8.52. The van der Waals surface area contributed by atoms with Gasteiger partial charge in [-0.3, -0.25) is 0 Å². The first kappa shape index (κ1) is 12.3. The summed E-state index contributed by atoms with van der Waals surface area (Å²) in [5, 5.41) is 2.55. The Hall–Kier alpha value is 0.234. The summed E-state index contributed by atoms with van der Waals surface area (Å²) in [4.78, 5) is 0. The third-order valence-corrected chi connectivity index (χ3v) is 6.98. The molecule has 0 spiro atoms. The van der Waals surface area contributed by atoms with E-state index < -0.39 is 14.8 Å². The van der Waals surface area contributed by atoms with Crippen LogP contribution in [0.5, 0.6) is 0 Å². The fraction of sp³-hybridized carbons (Fsp3) is 0.400. The van der Waals surface area contributed by atoms with Gasteiger partial charge in [-0.15, -0.1) is 22.2 Å². The maximum absolute atomic E-state index is 6.14. The molecule has 1 rings (SSSR count). The molecule has 14 heavy (non-hydrogen) atoms. The Labute approximate surface area is 97.7 Å². The smallest absolute Gasteiger partial charge is 0.140 e. The summed E-state index contributed by atoms with van der Waals surface area (Å²) >= 11 is 12.3. The molecule has 1 aromatic rings. The quantitative estimate of drug-likeness (QED) is 0.568. The summed E-state index contributed by atoms with van der Waals surface area (Å²) in [7, 11) is -1.19. The van der Waals surface area contributed by atoms with Crippen LogP contribution in [0.3, 0.4) is 0 Å². The van der Waals surface area contributed by atoms with Crippen LogP contribution in [0, 0.1) is 0 Å². The summed E-state index contributed by atoms with van der Waals surface area (Å²) in [5.74, 6) is 0. The van der Waals surface area contributed by atoms with Crippen molar-refractivity contribution in [3.8, 4) is 0 Å². The second-order valence-electron chi connectivity index (χ2n) is 4.72. The van der Waals surface area contributed by atoms with Gasteiger partial charge in [0.25, 0.3) is 6.69 Å². The molecule has 0 nitrogen and oxygen atoms in total. The Morgan fingerprint density at radius 2 is 1.14 bits per heavy atom. The first-order chi connectivity index (χ1) is 6.21. The molecule has 0 aliphatic heterocycles. The molecule has 0 aromatic heterocycles. The maximum atomic E-state index is 6.14. The van der Waals surface area contributed by atoms with Gasteiger partial charge < -0.3 is 0 Å². The van der Waals surface area contributed by atoms with Crippen molar-refractivity contribution in [2.24, 2.45) is 0 Å². The highest BCUT2D eigenvalue weighted by Crippen LogP contribution is 2.13. The van der Waals surface area contributed by atoms with Crippen LogP contribution in [0.2, 0.25) is 26.2 Å². The molecule has 0 bridgehead atoms. The van der Waals surface area contributed by atoms with Gasteiger partial charge in [0.05, 0.1) is 8.07 Å². The maximum Gasteiger partial charge on any atom is 0.277 e. The number of rotatable bonds is 2. The number of halogens is 2. The molecule has 0 saturated heterocycles. The minimum Gasteiger partial charge on any atom is -0.140 e. The van der Waals surface area contributed by atoms with Gasteiger partial charge in [0.2, 0.25) is 0 Å². The second-order valence-corrected chi connectivity index (χ2v) is 17.3. The fourth-order valence-corrected chi connectivity index (χ4v) is 3.94. The van der Waals surface area contributed by atoms with Gasteiger partial charge in [0, 0.05) is 0 Å². The lowest BCUT2D eigenvalue weighted by atomic mass is 10.4. The molecule has 0 saturated carbocycles. The predicted molar refractivity (Wildman–Crippen MR) is 72.4 cm³/mol. The van der Waals surface area contributed by atoms with Crippen molar-refractivity contribution >= 4 is 47.3 Å². The van der Waals surface area contributed by atoms with Crippen LogP contribution in [0.4, 0.5) is 0 Å². The van der Waals surface area contributed by atoms with Crippen molar-refractivity contribution in [3.63, 3.8) is 0 Å². The summed E-state index contributed by atoms with van der Waals surface area (Å²) in [6.45, 7) is 6.77. The molecule has 0 fully saturated rings. The van der Waals surface area contributed by atoms with Crippen molar-refractivity contribution in [2.45, 2.75) is 26.2 Å². The molecule has 0 aliphatic carbocycles. The van der Waals surface area contributed by atoms with Crippen LogP contribution in [0.1, 0.15) is 0 Å². The van der Waals surface area contributed by atoms with Gasteiger partial charge in [-0.1, -0.05) is 49.1 Å². The first-order valence-corrected chi connectivity index (χ1v) is 12.7. The Bertz CT molecular complexity index is 273. The summed E-state index contributed by atoms with van der Waals surface area (Å²) in [6.07, 6.45) is 0. The highest BCUT2D eigenvalue weighted by molar-refractivity contribution is 7.50. The van der Waals surface area contributed by atoms with E-state index in [1.165, 1.54) is 5.19 Å². The topological polar surface area (TPSA) is 0 Å². The average molecular weight is 263 g/mol. The third kappa shape index (κ3) is 3.12. The zero-order valence-electron chi connectivity index (χ0n) is 9.07. The van der Waals surface area contributed by atoms with E-state index in [4.69, 9.17) is 22.2 Å². The molecule has 78 valence electrons. The number of hydrogen-bond acceptors (Lipinski definition) is 0. The average Bonchev–Trinajstić information content (AvgIpc) is 2.01. The van der Waals surface area contributed by atoms with E-state index in [-0.39, 0.29) is 0 Å². The molecule has 1 aromatic carbocycles. The Morgan fingerprint density at radius 1 is 0.786 bits per heavy atom. The van der Waals surface area contributed by atoms with E-state index in [0.29, 0.717) is 0 Å². The molecular weight excluding hydrogens is 247 g/mol. The van der Waals surface area contributed by atoms with Gasteiger partial charge in [-0.05, 0) is 11.7 Å². The highest BCUT2D eigenvalue weighted by atomic mass is 35.7. The molecule has 0 N–H and O–H groups in total. The lowest BCUT2D eigenvalue weighted by molar-refractivity contribution is 1.70. The lowest BCUT2D eigenvalue weighted by Gasteiger charge is -2.18. The molecule has 0 radical (unpaired) electrons. The van der Waals surface area contributed by atoms with Crippen LogP contribution >= 0.6 is 22.2 Å². The minimum atomic E-state index is -2.16. The molecule has 0 aliphatic rings. The Balaban J connectivity index is 3.02. The second kappa shape index (κ2) is 4.01. The third-order valence-electron chi connectivity index (χ3n) is 2.26. The van der Waals surface area contributed by atoms with Crippen LogP contribution in [0.25, 0.3) is 0 Å². The van der Waals surface area contributed by atoms with Gasteiger partial charge in [-0.2, -0.15) is 0 Å². The molecular formula is C10H16Cl2Si2. The van der Waals surface area contributed by atoms with Crippen molar-refractivity contribution in [1.29, 1.82) is 0 Å². The largest absolute Gasteiger partial charge is 0.277 e. The van der Waals surface area contributed by atoms with Gasteiger partial charge in [0.15, 0.2) is 0 Å². The van der Waals surface area contributed by atoms with Crippen LogP contribution in [-0.2, 0) is 0 Å². The first-order valence-electron chi connectivity index (χ1n) is 4.70. The van der Waals surface area contributed by atoms with Crippen molar-refractivity contribution in [1.82, 2.24) is 0 Å². The van der Waals surface area contributed by atoms with Gasteiger partial charge >= 0.3 is 0 Å². The normalized spacial score (nSPS) is 13.0. The Kier molecular flexibility index (Phi) is 3.52. The van der Waals surface area contributed by atoms with E-state index in [9.17, 15) is 0 Å². The van der Waals surface area contributed by atoms with E-state index in [2.05, 4.69) is 43.9 Å². The number of benzene rings is 1. The van der Waals surface area contributed by atoms with E-state index in [1.807, 2.05) is 6.55 Å². The Morgan fingerprint density at radius 3 is 1.43 bits per heavy atom. The van der Waals surface area contributed by atoms with Crippen LogP contribution < -0.4 is 10.4 Å². The lowest BCUT2D eigenvalue weighted by Crippen LogP contribution is -2.40. The zero-order chi connectivity index (χ0) is 11.0.